The first-order valence-corrected chi connectivity index (χ1v) is 6.10. The molecule has 0 saturated carbocycles. The number of hydrogen-bond acceptors (Lipinski definition) is 4. The molecule has 0 heterocycles. The number of rotatable bonds is 8. The van der Waals surface area contributed by atoms with Crippen molar-refractivity contribution in [2.24, 2.45) is 0 Å². The van der Waals surface area contributed by atoms with Crippen LogP contribution in [0.5, 0.6) is 0 Å². The molecule has 0 fully saturated rings. The summed E-state index contributed by atoms with van der Waals surface area (Å²) >= 11 is 0. The van der Waals surface area contributed by atoms with E-state index in [2.05, 4.69) is 12.2 Å². The van der Waals surface area contributed by atoms with Crippen molar-refractivity contribution in [2.45, 2.75) is 19.8 Å². The summed E-state index contributed by atoms with van der Waals surface area (Å²) in [6.07, 6.45) is 2.13. The molecule has 0 atom stereocenters. The van der Waals surface area contributed by atoms with Crippen molar-refractivity contribution >= 4 is 17.3 Å². The smallest absolute Gasteiger partial charge is 0.337 e. The maximum absolute atomic E-state index is 11.0. The maximum atomic E-state index is 11.0. The summed E-state index contributed by atoms with van der Waals surface area (Å²) in [5, 5.41) is 12.0. The summed E-state index contributed by atoms with van der Waals surface area (Å²) < 4.78 is 5.39. The van der Waals surface area contributed by atoms with E-state index in [4.69, 9.17) is 15.6 Å². The van der Waals surface area contributed by atoms with Gasteiger partial charge in [-0.15, -0.1) is 0 Å². The Bertz CT molecular complexity index is 394. The van der Waals surface area contributed by atoms with E-state index in [0.717, 1.165) is 19.4 Å². The number of hydrogen-bond donors (Lipinski definition) is 3. The van der Waals surface area contributed by atoms with Gasteiger partial charge in [-0.3, -0.25) is 0 Å². The van der Waals surface area contributed by atoms with Gasteiger partial charge in [-0.05, 0) is 18.6 Å². The fraction of sp³-hybridized carbons (Fsp3) is 0.462. The normalized spacial score (nSPS) is 10.3. The van der Waals surface area contributed by atoms with Crippen LogP contribution in [0, 0.1) is 0 Å². The first kappa shape index (κ1) is 14.3. The number of unbranched alkanes of at least 4 members (excludes halogenated alkanes) is 1. The zero-order valence-corrected chi connectivity index (χ0v) is 10.6. The topological polar surface area (TPSA) is 84.6 Å². The molecule has 0 unspecified atom stereocenters. The first-order valence-electron chi connectivity index (χ1n) is 6.10. The Kier molecular flexibility index (Phi) is 6.00. The third kappa shape index (κ3) is 4.25. The molecule has 0 aromatic heterocycles. The van der Waals surface area contributed by atoms with Gasteiger partial charge < -0.3 is 20.9 Å². The molecule has 5 nitrogen and oxygen atoms in total. The molecule has 1 aromatic rings. The number of nitrogens with two attached hydrogens (primary N) is 1. The quantitative estimate of drug-likeness (QED) is 0.488. The van der Waals surface area contributed by atoms with Crippen LogP contribution in [-0.4, -0.2) is 30.8 Å². The second-order valence-corrected chi connectivity index (χ2v) is 3.97. The summed E-state index contributed by atoms with van der Waals surface area (Å²) in [6, 6.07) is 4.83. The molecule has 1 rings (SSSR count). The van der Waals surface area contributed by atoms with Gasteiger partial charge in [0.25, 0.3) is 0 Å². The molecule has 0 bridgehead atoms. The lowest BCUT2D eigenvalue weighted by molar-refractivity contribution is 0.0698. The van der Waals surface area contributed by atoms with E-state index in [1.54, 1.807) is 12.1 Å². The van der Waals surface area contributed by atoms with E-state index < -0.39 is 5.97 Å². The molecule has 4 N–H and O–H groups in total. The average molecular weight is 252 g/mol. The van der Waals surface area contributed by atoms with Gasteiger partial charge in [-0.25, -0.2) is 4.79 Å². The van der Waals surface area contributed by atoms with Gasteiger partial charge in [0.05, 0.1) is 23.5 Å². The standard InChI is InChI=1S/C13H20N2O3/c1-2-3-8-18-9-7-15-12-10(13(16)17)5-4-6-11(12)14/h4-6,15H,2-3,7-9,14H2,1H3,(H,16,17). The van der Waals surface area contributed by atoms with Crippen LogP contribution in [0.25, 0.3) is 0 Å². The number of anilines is 2. The number of para-hydroxylation sites is 1. The Labute approximate surface area is 107 Å². The zero-order chi connectivity index (χ0) is 13.4. The Balaban J connectivity index is 2.48. The second-order valence-electron chi connectivity index (χ2n) is 3.97. The molecule has 0 amide bonds. The molecule has 18 heavy (non-hydrogen) atoms. The highest BCUT2D eigenvalue weighted by Crippen LogP contribution is 2.23. The highest BCUT2D eigenvalue weighted by molar-refractivity contribution is 5.97. The monoisotopic (exact) mass is 252 g/mol. The predicted molar refractivity (Wildman–Crippen MR) is 72.0 cm³/mol. The second kappa shape index (κ2) is 7.55. The number of carboxylic acid groups (broad SMARTS) is 1. The molecule has 0 aliphatic carbocycles. The van der Waals surface area contributed by atoms with Crippen molar-refractivity contribution in [3.05, 3.63) is 23.8 Å². The van der Waals surface area contributed by atoms with Gasteiger partial charge in [-0.2, -0.15) is 0 Å². The number of aromatic carboxylic acids is 1. The Hall–Kier alpha value is -1.75. The number of nitrogen functional groups attached to an aromatic ring is 1. The van der Waals surface area contributed by atoms with Gasteiger partial charge in [0, 0.05) is 13.2 Å². The van der Waals surface area contributed by atoms with Gasteiger partial charge in [0.2, 0.25) is 0 Å². The number of benzene rings is 1. The van der Waals surface area contributed by atoms with Gasteiger partial charge in [-0.1, -0.05) is 19.4 Å². The average Bonchev–Trinajstić information content (AvgIpc) is 2.34. The van der Waals surface area contributed by atoms with Crippen LogP contribution in [0.3, 0.4) is 0 Å². The van der Waals surface area contributed by atoms with Crippen molar-refractivity contribution in [3.63, 3.8) is 0 Å². The lowest BCUT2D eigenvalue weighted by atomic mass is 10.1. The first-order chi connectivity index (χ1) is 8.66. The van der Waals surface area contributed by atoms with Gasteiger partial charge in [0.15, 0.2) is 0 Å². The van der Waals surface area contributed by atoms with Gasteiger partial charge >= 0.3 is 5.97 Å². The molecule has 0 radical (unpaired) electrons. The van der Waals surface area contributed by atoms with Crippen molar-refractivity contribution in [1.29, 1.82) is 0 Å². The van der Waals surface area contributed by atoms with Crippen molar-refractivity contribution in [1.82, 2.24) is 0 Å². The third-order valence-electron chi connectivity index (χ3n) is 2.52. The number of nitrogens with one attached hydrogen (secondary N) is 1. The SMILES string of the molecule is CCCCOCCNc1c(N)cccc1C(=O)O. The van der Waals surface area contributed by atoms with Crippen molar-refractivity contribution < 1.29 is 14.6 Å². The highest BCUT2D eigenvalue weighted by atomic mass is 16.5. The lowest BCUT2D eigenvalue weighted by Crippen LogP contribution is -2.14. The molecule has 0 saturated heterocycles. The summed E-state index contributed by atoms with van der Waals surface area (Å²) in [4.78, 5) is 11.0. The number of carbonyl (C=O) groups is 1. The van der Waals surface area contributed by atoms with Gasteiger partial charge in [0.1, 0.15) is 0 Å². The minimum atomic E-state index is -0.989. The summed E-state index contributed by atoms with van der Waals surface area (Å²) in [6.45, 7) is 3.91. The maximum Gasteiger partial charge on any atom is 0.337 e. The molecule has 1 aromatic carbocycles. The summed E-state index contributed by atoms with van der Waals surface area (Å²) in [5.74, 6) is -0.989. The van der Waals surface area contributed by atoms with E-state index in [0.29, 0.717) is 24.5 Å². The van der Waals surface area contributed by atoms with Crippen LogP contribution < -0.4 is 11.1 Å². The Morgan fingerprint density at radius 2 is 2.22 bits per heavy atom. The Morgan fingerprint density at radius 3 is 2.89 bits per heavy atom. The Morgan fingerprint density at radius 1 is 1.44 bits per heavy atom. The molecule has 0 aliphatic rings. The predicted octanol–water partition coefficient (Wildman–Crippen LogP) is 2.20. The van der Waals surface area contributed by atoms with E-state index in [1.807, 2.05) is 0 Å². The molecule has 0 spiro atoms. The van der Waals surface area contributed by atoms with Crippen LogP contribution >= 0.6 is 0 Å². The van der Waals surface area contributed by atoms with Crippen LogP contribution in [0.4, 0.5) is 11.4 Å². The summed E-state index contributed by atoms with van der Waals surface area (Å²) in [5.41, 5.74) is 6.83. The fourth-order valence-electron chi connectivity index (χ4n) is 1.54. The minimum absolute atomic E-state index is 0.184. The number of carboxylic acids is 1. The van der Waals surface area contributed by atoms with E-state index >= 15 is 0 Å². The summed E-state index contributed by atoms with van der Waals surface area (Å²) in [7, 11) is 0. The van der Waals surface area contributed by atoms with Crippen molar-refractivity contribution in [3.8, 4) is 0 Å². The molecule has 5 heteroatoms. The third-order valence-corrected chi connectivity index (χ3v) is 2.52. The highest BCUT2D eigenvalue weighted by Gasteiger charge is 2.11. The van der Waals surface area contributed by atoms with E-state index in [1.165, 1.54) is 6.07 Å². The molecular formula is C13H20N2O3. The minimum Gasteiger partial charge on any atom is -0.478 e. The van der Waals surface area contributed by atoms with Crippen LogP contribution in [-0.2, 0) is 4.74 Å². The largest absolute Gasteiger partial charge is 0.478 e. The van der Waals surface area contributed by atoms with E-state index in [9.17, 15) is 4.79 Å². The number of ether oxygens (including phenoxy) is 1. The zero-order valence-electron chi connectivity index (χ0n) is 10.6. The molecular weight excluding hydrogens is 232 g/mol. The van der Waals surface area contributed by atoms with Crippen molar-refractivity contribution in [2.75, 3.05) is 30.8 Å². The molecule has 100 valence electrons. The lowest BCUT2D eigenvalue weighted by Gasteiger charge is -2.12. The van der Waals surface area contributed by atoms with E-state index in [-0.39, 0.29) is 5.56 Å². The van der Waals surface area contributed by atoms with Crippen LogP contribution in [0.1, 0.15) is 30.1 Å². The molecule has 0 aliphatic heterocycles. The van der Waals surface area contributed by atoms with Crippen LogP contribution in [0.2, 0.25) is 0 Å². The van der Waals surface area contributed by atoms with Crippen LogP contribution in [0.15, 0.2) is 18.2 Å². The fourth-order valence-corrected chi connectivity index (χ4v) is 1.54.